The maximum Gasteiger partial charge on any atom is 0.328 e. The molecule has 0 radical (unpaired) electrons. The number of urea groups is 1. The van der Waals surface area contributed by atoms with Crippen molar-refractivity contribution in [1.82, 2.24) is 5.32 Å². The highest BCUT2D eigenvalue weighted by molar-refractivity contribution is 6.05. The fraction of sp³-hybridized carbons (Fsp3) is 0.412. The molecular weight excluding hydrogens is 278 g/mol. The van der Waals surface area contributed by atoms with Crippen molar-refractivity contribution < 1.29 is 9.59 Å². The van der Waals surface area contributed by atoms with Crippen LogP contribution in [0.4, 0.5) is 16.2 Å². The number of rotatable bonds is 7. The number of benzene rings is 1. The number of nitrogens with one attached hydrogen (secondary N) is 1. The van der Waals surface area contributed by atoms with Gasteiger partial charge in [0.2, 0.25) is 5.91 Å². The van der Waals surface area contributed by atoms with Crippen LogP contribution >= 0.6 is 0 Å². The third-order valence-corrected chi connectivity index (χ3v) is 3.68. The van der Waals surface area contributed by atoms with Gasteiger partial charge < -0.3 is 4.90 Å². The first-order chi connectivity index (χ1) is 10.7. The molecule has 1 fully saturated rings. The van der Waals surface area contributed by atoms with E-state index in [9.17, 15) is 9.59 Å². The quantitative estimate of drug-likeness (QED) is 0.788. The van der Waals surface area contributed by atoms with Crippen LogP contribution in [0, 0.1) is 0 Å². The number of nitrogens with zero attached hydrogens (tertiary/aromatic N) is 2. The summed E-state index contributed by atoms with van der Waals surface area (Å²) in [6, 6.07) is 7.57. The Morgan fingerprint density at radius 2 is 2.00 bits per heavy atom. The normalized spacial score (nSPS) is 14.7. The van der Waals surface area contributed by atoms with Crippen molar-refractivity contribution in [1.29, 1.82) is 0 Å². The zero-order valence-corrected chi connectivity index (χ0v) is 13.0. The molecule has 118 valence electrons. The second-order valence-corrected chi connectivity index (χ2v) is 5.34. The van der Waals surface area contributed by atoms with E-state index in [0.717, 1.165) is 37.3 Å². The lowest BCUT2D eigenvalue weighted by Crippen LogP contribution is -2.49. The Bertz CT molecular complexity index is 539. The molecule has 5 nitrogen and oxygen atoms in total. The van der Waals surface area contributed by atoms with E-state index in [1.165, 1.54) is 0 Å². The molecule has 5 heteroatoms. The zero-order chi connectivity index (χ0) is 15.9. The SMILES string of the molecule is C=CCCN(CCC)c1ccc(N2CCC(=O)NC2=O)cc1. The third kappa shape index (κ3) is 3.87. The van der Waals surface area contributed by atoms with Crippen molar-refractivity contribution in [2.75, 3.05) is 29.4 Å². The van der Waals surface area contributed by atoms with E-state index in [1.807, 2.05) is 30.3 Å². The van der Waals surface area contributed by atoms with Crippen molar-refractivity contribution in [2.45, 2.75) is 26.2 Å². The summed E-state index contributed by atoms with van der Waals surface area (Å²) >= 11 is 0. The van der Waals surface area contributed by atoms with E-state index >= 15 is 0 Å². The zero-order valence-electron chi connectivity index (χ0n) is 13.0. The molecule has 1 saturated heterocycles. The molecule has 0 spiro atoms. The Balaban J connectivity index is 2.09. The fourth-order valence-electron chi connectivity index (χ4n) is 2.54. The Hall–Kier alpha value is -2.30. The van der Waals surface area contributed by atoms with E-state index in [4.69, 9.17) is 0 Å². The summed E-state index contributed by atoms with van der Waals surface area (Å²) in [6.45, 7) is 8.29. The number of carbonyl (C=O) groups is 2. The van der Waals surface area contributed by atoms with Crippen LogP contribution in [0.3, 0.4) is 0 Å². The average molecular weight is 301 g/mol. The smallest absolute Gasteiger partial charge is 0.328 e. The first-order valence-corrected chi connectivity index (χ1v) is 7.73. The van der Waals surface area contributed by atoms with Gasteiger partial charge in [0.05, 0.1) is 0 Å². The Kier molecular flexibility index (Phi) is 5.58. The summed E-state index contributed by atoms with van der Waals surface area (Å²) in [7, 11) is 0. The minimum Gasteiger partial charge on any atom is -0.371 e. The number of amides is 3. The van der Waals surface area contributed by atoms with Gasteiger partial charge in [-0.05, 0) is 37.1 Å². The summed E-state index contributed by atoms with van der Waals surface area (Å²) in [6.07, 6.45) is 4.29. The molecule has 2 rings (SSSR count). The van der Waals surface area contributed by atoms with Gasteiger partial charge in [0.25, 0.3) is 0 Å². The van der Waals surface area contributed by atoms with Gasteiger partial charge >= 0.3 is 6.03 Å². The van der Waals surface area contributed by atoms with E-state index in [1.54, 1.807) is 4.90 Å². The topological polar surface area (TPSA) is 52.6 Å². The monoisotopic (exact) mass is 301 g/mol. The lowest BCUT2D eigenvalue weighted by molar-refractivity contribution is -0.120. The van der Waals surface area contributed by atoms with Crippen LogP contribution in [0.1, 0.15) is 26.2 Å². The first-order valence-electron chi connectivity index (χ1n) is 7.73. The molecule has 1 N–H and O–H groups in total. The van der Waals surface area contributed by atoms with Crippen LogP contribution in [0.2, 0.25) is 0 Å². The number of imide groups is 1. The number of anilines is 2. The predicted molar refractivity (Wildman–Crippen MR) is 89.3 cm³/mol. The molecule has 1 aromatic rings. The van der Waals surface area contributed by atoms with Crippen molar-refractivity contribution in [3.63, 3.8) is 0 Å². The molecule has 0 aliphatic carbocycles. The van der Waals surface area contributed by atoms with Crippen LogP contribution in [-0.2, 0) is 4.79 Å². The summed E-state index contributed by atoms with van der Waals surface area (Å²) in [5.41, 5.74) is 1.95. The number of hydrogen-bond acceptors (Lipinski definition) is 3. The van der Waals surface area contributed by atoms with Gasteiger partial charge in [-0.25, -0.2) is 4.79 Å². The van der Waals surface area contributed by atoms with Gasteiger partial charge in [-0.2, -0.15) is 0 Å². The standard InChI is InChI=1S/C17H23N3O2/c1-3-5-12-19(11-4-2)14-6-8-15(9-7-14)20-13-10-16(21)18-17(20)22/h3,6-9H,1,4-5,10-13H2,2H3,(H,18,21,22). The van der Waals surface area contributed by atoms with Crippen molar-refractivity contribution >= 4 is 23.3 Å². The maximum absolute atomic E-state index is 11.8. The fourth-order valence-corrected chi connectivity index (χ4v) is 2.54. The van der Waals surface area contributed by atoms with Crippen molar-refractivity contribution in [3.05, 3.63) is 36.9 Å². The number of hydrogen-bond donors (Lipinski definition) is 1. The minimum absolute atomic E-state index is 0.212. The van der Waals surface area contributed by atoms with Gasteiger partial charge in [-0.15, -0.1) is 6.58 Å². The largest absolute Gasteiger partial charge is 0.371 e. The second kappa shape index (κ2) is 7.64. The third-order valence-electron chi connectivity index (χ3n) is 3.68. The molecule has 0 aromatic heterocycles. The molecule has 1 aliphatic rings. The van der Waals surface area contributed by atoms with E-state index in [-0.39, 0.29) is 11.9 Å². The van der Waals surface area contributed by atoms with E-state index in [2.05, 4.69) is 23.7 Å². The van der Waals surface area contributed by atoms with Crippen LogP contribution in [-0.4, -0.2) is 31.6 Å². The molecule has 22 heavy (non-hydrogen) atoms. The number of carbonyl (C=O) groups excluding carboxylic acids is 2. The highest BCUT2D eigenvalue weighted by Gasteiger charge is 2.24. The summed E-state index contributed by atoms with van der Waals surface area (Å²) < 4.78 is 0. The molecule has 3 amide bonds. The van der Waals surface area contributed by atoms with Gasteiger partial charge in [0.1, 0.15) is 0 Å². The molecular formula is C17H23N3O2. The maximum atomic E-state index is 11.8. The Morgan fingerprint density at radius 3 is 2.59 bits per heavy atom. The molecule has 0 atom stereocenters. The highest BCUT2D eigenvalue weighted by Crippen LogP contribution is 2.22. The average Bonchev–Trinajstić information content (AvgIpc) is 2.52. The van der Waals surface area contributed by atoms with Gasteiger partial charge in [0.15, 0.2) is 0 Å². The first kappa shape index (κ1) is 16.1. The van der Waals surface area contributed by atoms with Gasteiger partial charge in [0, 0.05) is 37.4 Å². The van der Waals surface area contributed by atoms with Gasteiger partial charge in [-0.1, -0.05) is 13.0 Å². The molecule has 0 saturated carbocycles. The van der Waals surface area contributed by atoms with E-state index < -0.39 is 0 Å². The Morgan fingerprint density at radius 1 is 1.27 bits per heavy atom. The minimum atomic E-state index is -0.346. The van der Waals surface area contributed by atoms with Crippen molar-refractivity contribution in [2.24, 2.45) is 0 Å². The molecule has 0 unspecified atom stereocenters. The summed E-state index contributed by atoms with van der Waals surface area (Å²) in [4.78, 5) is 26.9. The van der Waals surface area contributed by atoms with Crippen LogP contribution in [0.15, 0.2) is 36.9 Å². The second-order valence-electron chi connectivity index (χ2n) is 5.34. The molecule has 1 heterocycles. The van der Waals surface area contributed by atoms with Crippen molar-refractivity contribution in [3.8, 4) is 0 Å². The molecule has 0 bridgehead atoms. The van der Waals surface area contributed by atoms with E-state index in [0.29, 0.717) is 13.0 Å². The van der Waals surface area contributed by atoms with Crippen LogP contribution in [0.25, 0.3) is 0 Å². The highest BCUT2D eigenvalue weighted by atomic mass is 16.2. The summed E-state index contributed by atoms with van der Waals surface area (Å²) in [5.74, 6) is -0.212. The van der Waals surface area contributed by atoms with Crippen LogP contribution < -0.4 is 15.1 Å². The Labute approximate surface area is 131 Å². The lowest BCUT2D eigenvalue weighted by atomic mass is 10.2. The van der Waals surface area contributed by atoms with Gasteiger partial charge in [-0.3, -0.25) is 15.0 Å². The predicted octanol–water partition coefficient (Wildman–Crippen LogP) is 2.93. The van der Waals surface area contributed by atoms with Crippen LogP contribution in [0.5, 0.6) is 0 Å². The molecule has 1 aromatic carbocycles. The molecule has 1 aliphatic heterocycles. The summed E-state index contributed by atoms with van der Waals surface area (Å²) in [5, 5.41) is 2.34. The lowest BCUT2D eigenvalue weighted by Gasteiger charge is -2.28.